The van der Waals surface area contributed by atoms with Crippen LogP contribution in [0.1, 0.15) is 21.9 Å². The highest BCUT2D eigenvalue weighted by molar-refractivity contribution is 8.00. The Balaban J connectivity index is 1.40. The Labute approximate surface area is 247 Å². The molecule has 11 heteroatoms. The fraction of sp³-hybridized carbons (Fsp3) is 0.172. The number of benzene rings is 3. The quantitative estimate of drug-likeness (QED) is 0.282. The minimum Gasteiger partial charge on any atom is -0.325 e. The summed E-state index contributed by atoms with van der Waals surface area (Å²) >= 11 is 14.3. The number of aryl methyl sites for hydroxylation is 1. The predicted molar refractivity (Wildman–Crippen MR) is 159 cm³/mol. The number of hydrogen-bond donors (Lipinski definition) is 1. The maximum Gasteiger partial charge on any atom is 0.308 e. The van der Waals surface area contributed by atoms with E-state index >= 15 is 0 Å². The molecule has 2 aliphatic heterocycles. The number of aromatic nitrogens is 1. The monoisotopic (exact) mass is 609 g/mol. The first kappa shape index (κ1) is 26.8. The molecule has 3 aromatic carbocycles. The Morgan fingerprint density at radius 1 is 0.875 bits per heavy atom. The largest absolute Gasteiger partial charge is 0.325 e. The van der Waals surface area contributed by atoms with Gasteiger partial charge in [0.15, 0.2) is 0 Å². The summed E-state index contributed by atoms with van der Waals surface area (Å²) in [6.45, 7) is 1.69. The van der Waals surface area contributed by atoms with Crippen LogP contribution in [0.4, 0.5) is 11.4 Å². The molecule has 1 fully saturated rings. The molecular weight excluding hydrogens is 589 g/mol. The number of thioether (sulfide) groups is 1. The number of halogens is 2. The number of thiazole rings is 1. The summed E-state index contributed by atoms with van der Waals surface area (Å²) in [6, 6.07) is 21.0. The van der Waals surface area contributed by atoms with Crippen molar-refractivity contribution in [1.29, 1.82) is 0 Å². The van der Waals surface area contributed by atoms with Crippen molar-refractivity contribution >= 4 is 75.4 Å². The SMILES string of the molecule is Cc1ccc(N2C(=O)[C@H]3[C@H](c4ccc(Cl)cc4)c4sc(=O)n(CC(=O)Nc5ccc(Cl)cc5)c4S[C@H]3C2=O)cc1. The summed E-state index contributed by atoms with van der Waals surface area (Å²) in [5.41, 5.74) is 2.83. The van der Waals surface area contributed by atoms with Gasteiger partial charge in [0, 0.05) is 26.5 Å². The Hall–Kier alpha value is -3.37. The lowest BCUT2D eigenvalue weighted by Crippen LogP contribution is -2.33. The molecule has 0 unspecified atom stereocenters. The minimum atomic E-state index is -0.762. The van der Waals surface area contributed by atoms with Crippen molar-refractivity contribution in [3.05, 3.63) is 109 Å². The topological polar surface area (TPSA) is 88.5 Å². The zero-order valence-corrected chi connectivity index (χ0v) is 24.1. The maximum atomic E-state index is 13.9. The second-order valence-electron chi connectivity index (χ2n) is 9.62. The predicted octanol–water partition coefficient (Wildman–Crippen LogP) is 5.96. The minimum absolute atomic E-state index is 0.241. The Morgan fingerprint density at radius 3 is 2.15 bits per heavy atom. The summed E-state index contributed by atoms with van der Waals surface area (Å²) in [5.74, 6) is -2.33. The van der Waals surface area contributed by atoms with E-state index in [4.69, 9.17) is 23.2 Å². The van der Waals surface area contributed by atoms with Gasteiger partial charge in [0.05, 0.1) is 16.6 Å². The Kier molecular flexibility index (Phi) is 7.08. The number of amides is 3. The van der Waals surface area contributed by atoms with E-state index in [1.54, 1.807) is 48.5 Å². The number of nitrogens with zero attached hydrogens (tertiary/aromatic N) is 2. The van der Waals surface area contributed by atoms with E-state index in [2.05, 4.69) is 5.32 Å². The summed E-state index contributed by atoms with van der Waals surface area (Å²) in [7, 11) is 0. The van der Waals surface area contributed by atoms with Crippen molar-refractivity contribution in [3.8, 4) is 0 Å². The van der Waals surface area contributed by atoms with Crippen molar-refractivity contribution < 1.29 is 14.4 Å². The van der Waals surface area contributed by atoms with Crippen molar-refractivity contribution in [3.63, 3.8) is 0 Å². The van der Waals surface area contributed by atoms with Gasteiger partial charge in [-0.25, -0.2) is 4.90 Å². The van der Waals surface area contributed by atoms with Crippen molar-refractivity contribution in [2.45, 2.75) is 29.7 Å². The highest BCUT2D eigenvalue weighted by Gasteiger charge is 2.56. The Bertz CT molecular complexity index is 1700. The molecule has 0 spiro atoms. The van der Waals surface area contributed by atoms with Crippen molar-refractivity contribution in [1.82, 2.24) is 4.57 Å². The number of carbonyl (C=O) groups excluding carboxylic acids is 3. The average molecular weight is 611 g/mol. The second kappa shape index (κ2) is 10.6. The average Bonchev–Trinajstić information content (AvgIpc) is 3.37. The standard InChI is InChI=1S/C29H21Cl2N3O4S2/c1-15-2-12-20(13-3-15)34-26(36)23-22(16-4-6-17(30)7-5-16)25-28(39-24(23)27(34)37)33(29(38)40-25)14-21(35)32-19-10-8-18(31)9-11-19/h2-13,22-24H,14H2,1H3,(H,32,35)/t22-,23-,24+/m0/s1. The molecule has 1 saturated heterocycles. The van der Waals surface area contributed by atoms with E-state index in [0.717, 1.165) is 22.5 Å². The maximum absolute atomic E-state index is 13.9. The van der Waals surface area contributed by atoms with Crippen LogP contribution < -0.4 is 15.1 Å². The molecule has 4 aromatic rings. The molecule has 40 heavy (non-hydrogen) atoms. The lowest BCUT2D eigenvalue weighted by atomic mass is 9.83. The number of imide groups is 1. The zero-order valence-electron chi connectivity index (χ0n) is 21.0. The van der Waals surface area contributed by atoms with Crippen molar-refractivity contribution in [2.75, 3.05) is 10.2 Å². The molecule has 1 N–H and O–H groups in total. The van der Waals surface area contributed by atoms with Gasteiger partial charge < -0.3 is 5.32 Å². The van der Waals surface area contributed by atoms with Gasteiger partial charge >= 0.3 is 4.87 Å². The molecule has 7 nitrogen and oxygen atoms in total. The second-order valence-corrected chi connectivity index (χ2v) is 12.6. The van der Waals surface area contributed by atoms with Gasteiger partial charge in [-0.1, -0.05) is 76.1 Å². The Morgan fingerprint density at radius 2 is 1.50 bits per heavy atom. The number of rotatable bonds is 5. The molecule has 0 bridgehead atoms. The van der Waals surface area contributed by atoms with E-state index in [1.807, 2.05) is 31.2 Å². The summed E-state index contributed by atoms with van der Waals surface area (Å²) in [4.78, 5) is 55.4. The normalized spacial score (nSPS) is 19.9. The molecule has 3 heterocycles. The third-order valence-electron chi connectivity index (χ3n) is 7.00. The van der Waals surface area contributed by atoms with Gasteiger partial charge in [0.25, 0.3) is 0 Å². The van der Waals surface area contributed by atoms with Crippen LogP contribution >= 0.6 is 46.3 Å². The van der Waals surface area contributed by atoms with E-state index in [0.29, 0.717) is 31.3 Å². The van der Waals surface area contributed by atoms with Crippen LogP contribution in [0.3, 0.4) is 0 Å². The molecule has 3 atom stereocenters. The molecular formula is C29H21Cl2N3O4S2. The van der Waals surface area contributed by atoms with Gasteiger partial charge in [-0.2, -0.15) is 0 Å². The molecule has 0 aliphatic carbocycles. The third-order valence-corrected chi connectivity index (χ3v) is 10.1. The first-order chi connectivity index (χ1) is 19.2. The lowest BCUT2D eigenvalue weighted by molar-refractivity contribution is -0.122. The number of nitrogens with one attached hydrogen (secondary N) is 1. The van der Waals surface area contributed by atoms with Crippen LogP contribution in [0.5, 0.6) is 0 Å². The van der Waals surface area contributed by atoms with Crippen LogP contribution in [0.2, 0.25) is 10.0 Å². The number of fused-ring (bicyclic) bond motifs is 2. The molecule has 1 aromatic heterocycles. The zero-order chi connectivity index (χ0) is 28.1. The highest BCUT2D eigenvalue weighted by atomic mass is 35.5. The molecule has 202 valence electrons. The third kappa shape index (κ3) is 4.77. The van der Waals surface area contributed by atoms with E-state index in [9.17, 15) is 19.2 Å². The van der Waals surface area contributed by atoms with E-state index in [1.165, 1.54) is 21.2 Å². The van der Waals surface area contributed by atoms with E-state index < -0.39 is 23.0 Å². The van der Waals surface area contributed by atoms with Gasteiger partial charge in [-0.05, 0) is 61.0 Å². The molecule has 0 radical (unpaired) electrons. The molecule has 2 aliphatic rings. The number of hydrogen-bond acceptors (Lipinski definition) is 6. The van der Waals surface area contributed by atoms with Crippen LogP contribution in [-0.2, 0) is 20.9 Å². The van der Waals surface area contributed by atoms with E-state index in [-0.39, 0.29) is 23.2 Å². The smallest absolute Gasteiger partial charge is 0.308 e. The summed E-state index contributed by atoms with van der Waals surface area (Å²) < 4.78 is 1.39. The highest BCUT2D eigenvalue weighted by Crippen LogP contribution is 2.53. The first-order valence-corrected chi connectivity index (χ1v) is 14.8. The number of anilines is 2. The first-order valence-electron chi connectivity index (χ1n) is 12.4. The lowest BCUT2D eigenvalue weighted by Gasteiger charge is -2.30. The van der Waals surface area contributed by atoms with Gasteiger partial charge in [0.2, 0.25) is 17.7 Å². The van der Waals surface area contributed by atoms with Crippen LogP contribution in [0, 0.1) is 12.8 Å². The van der Waals surface area contributed by atoms with Crippen LogP contribution in [-0.4, -0.2) is 27.5 Å². The fourth-order valence-corrected chi connectivity index (χ4v) is 8.14. The van der Waals surface area contributed by atoms with Crippen LogP contribution in [0.25, 0.3) is 0 Å². The van der Waals surface area contributed by atoms with Crippen LogP contribution in [0.15, 0.2) is 82.6 Å². The van der Waals surface area contributed by atoms with Gasteiger partial charge in [0.1, 0.15) is 11.8 Å². The van der Waals surface area contributed by atoms with Gasteiger partial charge in [-0.15, -0.1) is 0 Å². The van der Waals surface area contributed by atoms with Crippen molar-refractivity contribution in [2.24, 2.45) is 5.92 Å². The molecule has 6 rings (SSSR count). The number of carbonyl (C=O) groups is 3. The summed E-state index contributed by atoms with van der Waals surface area (Å²) in [5, 5.41) is 3.61. The molecule has 0 saturated carbocycles. The fourth-order valence-electron chi connectivity index (χ4n) is 5.11. The van der Waals surface area contributed by atoms with Gasteiger partial charge in [-0.3, -0.25) is 23.7 Å². The summed E-state index contributed by atoms with van der Waals surface area (Å²) in [6.07, 6.45) is 0. The molecule has 3 amide bonds.